The minimum absolute atomic E-state index is 0.0129. The van der Waals surface area contributed by atoms with Crippen LogP contribution in [-0.4, -0.2) is 36.8 Å². The van der Waals surface area contributed by atoms with Crippen molar-refractivity contribution in [3.63, 3.8) is 0 Å². The molecule has 106 valence electrons. The first-order valence-electron chi connectivity index (χ1n) is 7.18. The van der Waals surface area contributed by atoms with Crippen LogP contribution in [0.4, 0.5) is 0 Å². The van der Waals surface area contributed by atoms with Gasteiger partial charge < -0.3 is 15.7 Å². The highest BCUT2D eigenvalue weighted by atomic mass is 16.3. The van der Waals surface area contributed by atoms with Gasteiger partial charge in [-0.3, -0.25) is 4.79 Å². The Labute approximate surface area is 111 Å². The van der Waals surface area contributed by atoms with Crippen LogP contribution in [-0.2, 0) is 4.79 Å². The number of nitrogens with one attached hydrogen (secondary N) is 2. The largest absolute Gasteiger partial charge is 0.394 e. The fourth-order valence-corrected chi connectivity index (χ4v) is 2.71. The van der Waals surface area contributed by atoms with Gasteiger partial charge >= 0.3 is 0 Å². The second-order valence-electron chi connectivity index (χ2n) is 5.82. The third kappa shape index (κ3) is 3.69. The van der Waals surface area contributed by atoms with Crippen LogP contribution >= 0.6 is 0 Å². The number of amides is 1. The fraction of sp³-hybridized carbons (Fsp3) is 0.929. The number of hydrogen-bond acceptors (Lipinski definition) is 3. The van der Waals surface area contributed by atoms with E-state index in [9.17, 15) is 9.90 Å². The number of carbonyl (C=O) groups is 1. The van der Waals surface area contributed by atoms with Crippen LogP contribution in [0.15, 0.2) is 0 Å². The SMILES string of the molecule is CCCC1(C(=O)N[C@H](CO)C(C)C)CCCNC1. The molecule has 0 aliphatic carbocycles. The third-order valence-corrected chi connectivity index (χ3v) is 4.00. The maximum Gasteiger partial charge on any atom is 0.227 e. The van der Waals surface area contributed by atoms with E-state index in [0.29, 0.717) is 0 Å². The quantitative estimate of drug-likeness (QED) is 0.671. The van der Waals surface area contributed by atoms with Gasteiger partial charge in [0.2, 0.25) is 5.91 Å². The topological polar surface area (TPSA) is 61.4 Å². The summed E-state index contributed by atoms with van der Waals surface area (Å²) in [6.45, 7) is 7.95. The molecule has 1 amide bonds. The van der Waals surface area contributed by atoms with Crippen LogP contribution in [0.1, 0.15) is 46.5 Å². The van der Waals surface area contributed by atoms with Crippen molar-refractivity contribution in [1.82, 2.24) is 10.6 Å². The summed E-state index contributed by atoms with van der Waals surface area (Å²) in [6.07, 6.45) is 3.94. The standard InChI is InChI=1S/C14H28N2O2/c1-4-6-14(7-5-8-15-10-14)13(18)16-12(9-17)11(2)3/h11-12,15,17H,4-10H2,1-3H3,(H,16,18)/t12-,14?/m1/s1. The third-order valence-electron chi connectivity index (χ3n) is 4.00. The average molecular weight is 256 g/mol. The molecular formula is C14H28N2O2. The van der Waals surface area contributed by atoms with Gasteiger partial charge in [0.25, 0.3) is 0 Å². The molecule has 1 heterocycles. The first-order chi connectivity index (χ1) is 8.55. The molecule has 4 nitrogen and oxygen atoms in total. The molecular weight excluding hydrogens is 228 g/mol. The van der Waals surface area contributed by atoms with Crippen molar-refractivity contribution >= 4 is 5.91 Å². The Morgan fingerprint density at radius 1 is 1.50 bits per heavy atom. The molecule has 0 bridgehead atoms. The van der Waals surface area contributed by atoms with Gasteiger partial charge in [0.05, 0.1) is 18.1 Å². The predicted octanol–water partition coefficient (Wildman–Crippen LogP) is 1.29. The molecule has 1 rings (SSSR count). The Morgan fingerprint density at radius 2 is 2.22 bits per heavy atom. The number of aliphatic hydroxyl groups is 1. The molecule has 0 spiro atoms. The Morgan fingerprint density at radius 3 is 2.67 bits per heavy atom. The minimum Gasteiger partial charge on any atom is -0.394 e. The monoisotopic (exact) mass is 256 g/mol. The predicted molar refractivity (Wildman–Crippen MR) is 73.3 cm³/mol. The molecule has 1 fully saturated rings. The van der Waals surface area contributed by atoms with E-state index in [2.05, 4.69) is 17.6 Å². The zero-order chi connectivity index (χ0) is 13.6. The summed E-state index contributed by atoms with van der Waals surface area (Å²) in [5.74, 6) is 0.374. The van der Waals surface area contributed by atoms with Crippen molar-refractivity contribution in [2.75, 3.05) is 19.7 Å². The van der Waals surface area contributed by atoms with E-state index < -0.39 is 0 Å². The molecule has 0 saturated carbocycles. The van der Waals surface area contributed by atoms with Crippen LogP contribution in [0.25, 0.3) is 0 Å². The maximum atomic E-state index is 12.5. The zero-order valence-electron chi connectivity index (χ0n) is 12.0. The highest BCUT2D eigenvalue weighted by molar-refractivity contribution is 5.83. The number of hydrogen-bond donors (Lipinski definition) is 3. The summed E-state index contributed by atoms with van der Waals surface area (Å²) >= 11 is 0. The van der Waals surface area contributed by atoms with Gasteiger partial charge in [0.15, 0.2) is 0 Å². The van der Waals surface area contributed by atoms with Gasteiger partial charge in [0.1, 0.15) is 0 Å². The molecule has 2 atom stereocenters. The number of piperidine rings is 1. The van der Waals surface area contributed by atoms with Crippen molar-refractivity contribution in [1.29, 1.82) is 0 Å². The van der Waals surface area contributed by atoms with Crippen molar-refractivity contribution in [2.45, 2.75) is 52.5 Å². The van der Waals surface area contributed by atoms with Crippen molar-refractivity contribution in [3.05, 3.63) is 0 Å². The van der Waals surface area contributed by atoms with Gasteiger partial charge in [-0.15, -0.1) is 0 Å². The highest BCUT2D eigenvalue weighted by Gasteiger charge is 2.39. The average Bonchev–Trinajstić information content (AvgIpc) is 2.36. The molecule has 0 aromatic rings. The van der Waals surface area contributed by atoms with Crippen LogP contribution in [0.5, 0.6) is 0 Å². The first kappa shape index (κ1) is 15.4. The molecule has 18 heavy (non-hydrogen) atoms. The van der Waals surface area contributed by atoms with Gasteiger partial charge in [-0.1, -0.05) is 27.2 Å². The summed E-state index contributed by atoms with van der Waals surface area (Å²) in [5.41, 5.74) is -0.269. The second-order valence-corrected chi connectivity index (χ2v) is 5.82. The molecule has 0 aromatic heterocycles. The minimum atomic E-state index is -0.269. The smallest absolute Gasteiger partial charge is 0.227 e. The normalized spacial score (nSPS) is 26.1. The molecule has 1 aliphatic heterocycles. The first-order valence-corrected chi connectivity index (χ1v) is 7.18. The van der Waals surface area contributed by atoms with E-state index in [4.69, 9.17) is 0 Å². The lowest BCUT2D eigenvalue weighted by atomic mass is 9.76. The summed E-state index contributed by atoms with van der Waals surface area (Å²) < 4.78 is 0. The van der Waals surface area contributed by atoms with Gasteiger partial charge in [-0.2, -0.15) is 0 Å². The lowest BCUT2D eigenvalue weighted by Gasteiger charge is -2.37. The van der Waals surface area contributed by atoms with Gasteiger partial charge in [-0.25, -0.2) is 0 Å². The Balaban J connectivity index is 2.70. The molecule has 3 N–H and O–H groups in total. The summed E-state index contributed by atoms with van der Waals surface area (Å²) in [5, 5.41) is 15.7. The molecule has 0 aromatic carbocycles. The summed E-state index contributed by atoms with van der Waals surface area (Å²) in [4.78, 5) is 12.5. The summed E-state index contributed by atoms with van der Waals surface area (Å²) in [6, 6.07) is -0.131. The maximum absolute atomic E-state index is 12.5. The molecule has 4 heteroatoms. The second kappa shape index (κ2) is 7.10. The van der Waals surface area contributed by atoms with E-state index in [-0.39, 0.29) is 29.9 Å². The highest BCUT2D eigenvalue weighted by Crippen LogP contribution is 2.32. The van der Waals surface area contributed by atoms with Gasteiger partial charge in [-0.05, 0) is 31.7 Å². The lowest BCUT2D eigenvalue weighted by molar-refractivity contribution is -0.134. The van der Waals surface area contributed by atoms with Crippen molar-refractivity contribution < 1.29 is 9.90 Å². The Bertz CT molecular complexity index is 255. The van der Waals surface area contributed by atoms with Crippen LogP contribution < -0.4 is 10.6 Å². The van der Waals surface area contributed by atoms with E-state index >= 15 is 0 Å². The Kier molecular flexibility index (Phi) is 6.09. The van der Waals surface area contributed by atoms with E-state index in [1.165, 1.54) is 0 Å². The van der Waals surface area contributed by atoms with Crippen LogP contribution in [0, 0.1) is 11.3 Å². The zero-order valence-corrected chi connectivity index (χ0v) is 12.0. The molecule has 1 saturated heterocycles. The van der Waals surface area contributed by atoms with E-state index in [0.717, 1.165) is 38.8 Å². The summed E-state index contributed by atoms with van der Waals surface area (Å²) in [7, 11) is 0. The van der Waals surface area contributed by atoms with Crippen LogP contribution in [0.3, 0.4) is 0 Å². The molecule has 1 unspecified atom stereocenters. The number of aliphatic hydroxyl groups excluding tert-OH is 1. The van der Waals surface area contributed by atoms with Crippen molar-refractivity contribution in [2.24, 2.45) is 11.3 Å². The fourth-order valence-electron chi connectivity index (χ4n) is 2.71. The van der Waals surface area contributed by atoms with E-state index in [1.54, 1.807) is 0 Å². The molecule has 1 aliphatic rings. The van der Waals surface area contributed by atoms with Crippen molar-refractivity contribution in [3.8, 4) is 0 Å². The van der Waals surface area contributed by atoms with Crippen LogP contribution in [0.2, 0.25) is 0 Å². The number of rotatable bonds is 6. The lowest BCUT2D eigenvalue weighted by Crippen LogP contribution is -2.54. The van der Waals surface area contributed by atoms with Gasteiger partial charge in [0, 0.05) is 6.54 Å². The Hall–Kier alpha value is -0.610. The number of carbonyl (C=O) groups excluding carboxylic acids is 1. The molecule has 0 radical (unpaired) electrons. The van der Waals surface area contributed by atoms with E-state index in [1.807, 2.05) is 13.8 Å².